The predicted molar refractivity (Wildman–Crippen MR) is 76.9 cm³/mol. The number of hydrogen-bond acceptors (Lipinski definition) is 5. The molecular formula is C14H16ClNO5. The molecule has 0 aromatic heterocycles. The molecule has 0 aliphatic heterocycles. The maximum Gasteiger partial charge on any atom is 0.382 e. The molecule has 0 radical (unpaired) electrons. The van der Waals surface area contributed by atoms with Gasteiger partial charge in [-0.25, -0.2) is 4.79 Å². The molecule has 114 valence electrons. The van der Waals surface area contributed by atoms with Gasteiger partial charge in [-0.15, -0.1) is 0 Å². The quantitative estimate of drug-likeness (QED) is 0.439. The van der Waals surface area contributed by atoms with Crippen molar-refractivity contribution < 1.29 is 19.2 Å². The summed E-state index contributed by atoms with van der Waals surface area (Å²) in [6.45, 7) is 2.93. The van der Waals surface area contributed by atoms with E-state index in [1.165, 1.54) is 6.92 Å². The molecular weight excluding hydrogens is 298 g/mol. The third-order valence-corrected chi connectivity index (χ3v) is 3.19. The fourth-order valence-corrected chi connectivity index (χ4v) is 2.18. The summed E-state index contributed by atoms with van der Waals surface area (Å²) in [5.41, 5.74) is 0.504. The molecule has 0 saturated heterocycles. The van der Waals surface area contributed by atoms with E-state index in [1.54, 1.807) is 31.2 Å². The molecule has 7 heteroatoms. The van der Waals surface area contributed by atoms with Crippen molar-refractivity contribution in [2.24, 2.45) is 0 Å². The smallest absolute Gasteiger partial charge is 0.382 e. The summed E-state index contributed by atoms with van der Waals surface area (Å²) in [7, 11) is 0. The molecule has 6 nitrogen and oxygen atoms in total. The first-order valence-electron chi connectivity index (χ1n) is 6.41. The minimum absolute atomic E-state index is 0.0383. The molecule has 21 heavy (non-hydrogen) atoms. The van der Waals surface area contributed by atoms with Crippen LogP contribution in [0, 0.1) is 10.1 Å². The van der Waals surface area contributed by atoms with Crippen LogP contribution in [0.15, 0.2) is 24.3 Å². The molecule has 0 heterocycles. The molecule has 0 fully saturated rings. The van der Waals surface area contributed by atoms with Gasteiger partial charge in [-0.2, -0.15) is 0 Å². The minimum atomic E-state index is -1.62. The van der Waals surface area contributed by atoms with Gasteiger partial charge in [0.05, 0.1) is 12.5 Å². The second-order valence-corrected chi connectivity index (χ2v) is 4.98. The molecule has 0 amide bonds. The highest BCUT2D eigenvalue weighted by Gasteiger charge is 2.41. The number of benzene rings is 1. The third kappa shape index (κ3) is 4.82. The Kier molecular flexibility index (Phi) is 6.30. The zero-order valence-corrected chi connectivity index (χ0v) is 12.5. The molecule has 1 aromatic rings. The third-order valence-electron chi connectivity index (χ3n) is 2.94. The molecule has 2 atom stereocenters. The highest BCUT2D eigenvalue weighted by molar-refractivity contribution is 6.30. The number of ether oxygens (including phenoxy) is 1. The van der Waals surface area contributed by atoms with Gasteiger partial charge in [0.2, 0.25) is 0 Å². The van der Waals surface area contributed by atoms with Crippen molar-refractivity contribution >= 4 is 23.4 Å². The van der Waals surface area contributed by atoms with Crippen molar-refractivity contribution in [2.75, 3.05) is 6.61 Å². The Bertz CT molecular complexity index is 529. The topological polar surface area (TPSA) is 86.5 Å². The summed E-state index contributed by atoms with van der Waals surface area (Å²) < 4.78 is 4.76. The largest absolute Gasteiger partial charge is 0.461 e. The number of nitrogens with zero attached hydrogens (tertiary/aromatic N) is 1. The zero-order valence-electron chi connectivity index (χ0n) is 11.7. The van der Waals surface area contributed by atoms with E-state index >= 15 is 0 Å². The van der Waals surface area contributed by atoms with Crippen molar-refractivity contribution in [3.05, 3.63) is 45.0 Å². The number of halogens is 1. The van der Waals surface area contributed by atoms with Crippen LogP contribution in [0.4, 0.5) is 0 Å². The molecule has 0 saturated carbocycles. The van der Waals surface area contributed by atoms with Gasteiger partial charge in [-0.1, -0.05) is 23.7 Å². The van der Waals surface area contributed by atoms with Crippen LogP contribution in [0.5, 0.6) is 0 Å². The highest BCUT2D eigenvalue weighted by atomic mass is 35.5. The summed E-state index contributed by atoms with van der Waals surface area (Å²) in [6.07, 6.45) is -0.119. The minimum Gasteiger partial charge on any atom is -0.461 e. The summed E-state index contributed by atoms with van der Waals surface area (Å²) in [5.74, 6) is -2.07. The van der Waals surface area contributed by atoms with E-state index in [0.29, 0.717) is 10.6 Å². The SMILES string of the molecule is CCOC(=O)[C@H]([C@@H](CC(C)=O)c1ccc(Cl)cc1)[N+](=O)[O-]. The molecule has 0 unspecified atom stereocenters. The molecule has 0 N–H and O–H groups in total. The average Bonchev–Trinajstić information content (AvgIpc) is 2.38. The molecule has 1 aromatic carbocycles. The van der Waals surface area contributed by atoms with Crippen molar-refractivity contribution in [3.8, 4) is 0 Å². The van der Waals surface area contributed by atoms with Crippen LogP contribution in [0.3, 0.4) is 0 Å². The number of Topliss-reactive ketones (excluding diaryl/α,β-unsaturated/α-hetero) is 1. The van der Waals surface area contributed by atoms with Crippen molar-refractivity contribution in [1.82, 2.24) is 0 Å². The van der Waals surface area contributed by atoms with Crippen LogP contribution in [0.1, 0.15) is 31.7 Å². The van der Waals surface area contributed by atoms with E-state index in [1.807, 2.05) is 0 Å². The normalized spacial score (nSPS) is 13.3. The lowest BCUT2D eigenvalue weighted by atomic mass is 9.87. The Balaban J connectivity index is 3.19. The lowest BCUT2D eigenvalue weighted by molar-refractivity contribution is -0.514. The number of ketones is 1. The lowest BCUT2D eigenvalue weighted by Crippen LogP contribution is -2.38. The monoisotopic (exact) mass is 313 g/mol. The van der Waals surface area contributed by atoms with Crippen LogP contribution in [0.2, 0.25) is 5.02 Å². The molecule has 0 bridgehead atoms. The van der Waals surface area contributed by atoms with Gasteiger partial charge in [0.25, 0.3) is 0 Å². The van der Waals surface area contributed by atoms with E-state index in [4.69, 9.17) is 16.3 Å². The number of hydrogen-bond donors (Lipinski definition) is 0. The Morgan fingerprint density at radius 3 is 2.33 bits per heavy atom. The van der Waals surface area contributed by atoms with Gasteiger partial charge >= 0.3 is 12.0 Å². The van der Waals surface area contributed by atoms with Crippen LogP contribution in [-0.2, 0) is 14.3 Å². The number of carbonyl (C=O) groups is 2. The molecule has 0 aliphatic carbocycles. The molecule has 0 spiro atoms. The van der Waals surface area contributed by atoms with Crippen LogP contribution < -0.4 is 0 Å². The average molecular weight is 314 g/mol. The zero-order chi connectivity index (χ0) is 16.0. The fraction of sp³-hybridized carbons (Fsp3) is 0.429. The Hall–Kier alpha value is -1.95. The lowest BCUT2D eigenvalue weighted by Gasteiger charge is -2.19. The van der Waals surface area contributed by atoms with E-state index in [2.05, 4.69) is 0 Å². The standard InChI is InChI=1S/C14H16ClNO5/c1-3-21-14(18)13(16(19)20)12(8-9(2)17)10-4-6-11(15)7-5-10/h4-7,12-13H,3,8H2,1-2H3/t12-,13-/m0/s1. The van der Waals surface area contributed by atoms with E-state index in [9.17, 15) is 19.7 Å². The first-order chi connectivity index (χ1) is 9.86. The maximum absolute atomic E-state index is 11.8. The van der Waals surface area contributed by atoms with Crippen LogP contribution in [0.25, 0.3) is 0 Å². The Morgan fingerprint density at radius 2 is 1.90 bits per heavy atom. The highest BCUT2D eigenvalue weighted by Crippen LogP contribution is 2.28. The van der Waals surface area contributed by atoms with Gasteiger partial charge in [0.1, 0.15) is 5.78 Å². The van der Waals surface area contributed by atoms with Crippen molar-refractivity contribution in [2.45, 2.75) is 32.2 Å². The van der Waals surface area contributed by atoms with Gasteiger partial charge in [0.15, 0.2) is 0 Å². The van der Waals surface area contributed by atoms with Gasteiger partial charge in [0, 0.05) is 16.4 Å². The second-order valence-electron chi connectivity index (χ2n) is 4.55. The summed E-state index contributed by atoms with van der Waals surface area (Å²) in [5, 5.41) is 11.7. The summed E-state index contributed by atoms with van der Waals surface area (Å²) >= 11 is 5.78. The van der Waals surface area contributed by atoms with Crippen LogP contribution >= 0.6 is 11.6 Å². The van der Waals surface area contributed by atoms with Gasteiger partial charge in [-0.3, -0.25) is 10.1 Å². The fourth-order valence-electron chi connectivity index (χ4n) is 2.06. The van der Waals surface area contributed by atoms with E-state index < -0.39 is 22.9 Å². The Labute approximate surface area is 127 Å². The number of esters is 1. The van der Waals surface area contributed by atoms with Gasteiger partial charge < -0.3 is 9.53 Å². The number of carbonyl (C=O) groups excluding carboxylic acids is 2. The predicted octanol–water partition coefficient (Wildman–Crippen LogP) is 2.61. The first-order valence-corrected chi connectivity index (χ1v) is 6.79. The number of rotatable bonds is 7. The Morgan fingerprint density at radius 1 is 1.33 bits per heavy atom. The number of nitro groups is 1. The summed E-state index contributed by atoms with van der Waals surface area (Å²) in [4.78, 5) is 33.8. The van der Waals surface area contributed by atoms with E-state index in [-0.39, 0.29) is 18.8 Å². The van der Waals surface area contributed by atoms with Crippen LogP contribution in [-0.4, -0.2) is 29.3 Å². The maximum atomic E-state index is 11.8. The van der Waals surface area contributed by atoms with E-state index in [0.717, 1.165) is 0 Å². The van der Waals surface area contributed by atoms with Crippen molar-refractivity contribution in [3.63, 3.8) is 0 Å². The summed E-state index contributed by atoms with van der Waals surface area (Å²) in [6, 6.07) is 4.66. The van der Waals surface area contributed by atoms with Gasteiger partial charge in [-0.05, 0) is 31.5 Å². The second kappa shape index (κ2) is 7.73. The first kappa shape index (κ1) is 17.1. The van der Waals surface area contributed by atoms with Crippen molar-refractivity contribution in [1.29, 1.82) is 0 Å². The molecule has 0 aliphatic rings. The molecule has 1 rings (SSSR count).